The molecule has 0 N–H and O–H groups in total. The zero-order valence-corrected chi connectivity index (χ0v) is 11.4. The van der Waals surface area contributed by atoms with E-state index in [1.165, 1.54) is 6.92 Å². The number of aromatic nitrogens is 1. The van der Waals surface area contributed by atoms with E-state index in [0.29, 0.717) is 11.4 Å². The third kappa shape index (κ3) is 4.24. The van der Waals surface area contributed by atoms with Crippen LogP contribution in [0.4, 0.5) is 11.4 Å². The highest BCUT2D eigenvalue weighted by molar-refractivity contribution is 5.86. The molecule has 21 heavy (non-hydrogen) atoms. The second-order valence-electron chi connectivity index (χ2n) is 4.11. The molecule has 0 unspecified atom stereocenters. The minimum atomic E-state index is -0.643. The molecule has 1 aromatic carbocycles. The van der Waals surface area contributed by atoms with E-state index < -0.39 is 5.97 Å². The van der Waals surface area contributed by atoms with Gasteiger partial charge >= 0.3 is 5.97 Å². The summed E-state index contributed by atoms with van der Waals surface area (Å²) in [5.41, 5.74) is 1.33. The maximum absolute atomic E-state index is 11.3. The van der Waals surface area contributed by atoms with Gasteiger partial charge in [0, 0.05) is 18.0 Å². The quantitative estimate of drug-likeness (QED) is 0.361. The Labute approximate surface area is 121 Å². The Morgan fingerprint density at radius 3 is 2.57 bits per heavy atom. The summed E-state index contributed by atoms with van der Waals surface area (Å²) in [6.07, 6.45) is 3.23. The molecule has 6 nitrogen and oxygen atoms in total. The lowest BCUT2D eigenvalue weighted by Crippen LogP contribution is -2.08. The van der Waals surface area contributed by atoms with Crippen molar-refractivity contribution in [3.8, 4) is 5.75 Å². The lowest BCUT2D eigenvalue weighted by molar-refractivity contribution is -0.208. The van der Waals surface area contributed by atoms with E-state index in [1.807, 2.05) is 0 Å². The standard InChI is InChI=1S/C15H13N3O3/c1-11(2)15(19)21-20-14-6-4-3-5-13(14)18-17-12-7-9-16-10-8-12/h3-10H,1H2,2H3. The third-order valence-corrected chi connectivity index (χ3v) is 2.36. The average Bonchev–Trinajstić information content (AvgIpc) is 2.52. The predicted octanol–water partition coefficient (Wildman–Crippen LogP) is 3.91. The van der Waals surface area contributed by atoms with Crippen molar-refractivity contribution in [1.29, 1.82) is 0 Å². The van der Waals surface area contributed by atoms with Crippen molar-refractivity contribution >= 4 is 17.3 Å². The number of azo groups is 1. The zero-order valence-electron chi connectivity index (χ0n) is 11.4. The fourth-order valence-electron chi connectivity index (χ4n) is 1.29. The lowest BCUT2D eigenvalue weighted by atomic mass is 10.3. The Kier molecular flexibility index (Phi) is 4.76. The molecule has 6 heteroatoms. The van der Waals surface area contributed by atoms with Crippen LogP contribution in [-0.2, 0) is 9.68 Å². The van der Waals surface area contributed by atoms with Gasteiger partial charge in [0.25, 0.3) is 0 Å². The summed E-state index contributed by atoms with van der Waals surface area (Å²) >= 11 is 0. The van der Waals surface area contributed by atoms with E-state index >= 15 is 0 Å². The van der Waals surface area contributed by atoms with E-state index in [-0.39, 0.29) is 11.3 Å². The normalized spacial score (nSPS) is 10.3. The first-order chi connectivity index (χ1) is 10.2. The number of para-hydroxylation sites is 1. The van der Waals surface area contributed by atoms with Gasteiger partial charge in [-0.1, -0.05) is 18.7 Å². The summed E-state index contributed by atoms with van der Waals surface area (Å²) in [6, 6.07) is 10.2. The number of hydrogen-bond acceptors (Lipinski definition) is 6. The molecular weight excluding hydrogens is 270 g/mol. The fourth-order valence-corrected chi connectivity index (χ4v) is 1.29. The van der Waals surface area contributed by atoms with Crippen LogP contribution in [0.1, 0.15) is 6.92 Å². The van der Waals surface area contributed by atoms with Crippen LogP contribution in [0.5, 0.6) is 5.75 Å². The summed E-state index contributed by atoms with van der Waals surface area (Å²) in [4.78, 5) is 24.8. The summed E-state index contributed by atoms with van der Waals surface area (Å²) in [6.45, 7) is 4.99. The van der Waals surface area contributed by atoms with Crippen LogP contribution in [-0.4, -0.2) is 11.0 Å². The number of rotatable bonds is 5. The Balaban J connectivity index is 2.12. The molecule has 1 aromatic heterocycles. The Bertz CT molecular complexity index is 669. The van der Waals surface area contributed by atoms with Gasteiger partial charge in [0.05, 0.1) is 5.69 Å². The minimum absolute atomic E-state index is 0.242. The monoisotopic (exact) mass is 283 g/mol. The summed E-state index contributed by atoms with van der Waals surface area (Å²) in [7, 11) is 0. The molecular formula is C15H13N3O3. The first-order valence-electron chi connectivity index (χ1n) is 6.12. The van der Waals surface area contributed by atoms with Crippen molar-refractivity contribution in [3.05, 3.63) is 60.9 Å². The van der Waals surface area contributed by atoms with E-state index in [2.05, 4.69) is 26.7 Å². The van der Waals surface area contributed by atoms with Gasteiger partial charge in [0.2, 0.25) is 5.75 Å². The molecule has 0 atom stereocenters. The summed E-state index contributed by atoms with van der Waals surface area (Å²) < 4.78 is 0. The number of carbonyl (C=O) groups is 1. The van der Waals surface area contributed by atoms with Gasteiger partial charge in [-0.2, -0.15) is 5.11 Å². The summed E-state index contributed by atoms with van der Waals surface area (Å²) in [5.74, 6) is -0.360. The second kappa shape index (κ2) is 6.95. The number of hydrogen-bond donors (Lipinski definition) is 0. The smallest absolute Gasteiger partial charge is 0.284 e. The molecule has 0 saturated carbocycles. The molecule has 0 amide bonds. The molecule has 0 fully saturated rings. The van der Waals surface area contributed by atoms with Crippen molar-refractivity contribution in [1.82, 2.24) is 4.98 Å². The largest absolute Gasteiger partial charge is 0.381 e. The van der Waals surface area contributed by atoms with E-state index in [9.17, 15) is 4.79 Å². The van der Waals surface area contributed by atoms with Crippen LogP contribution in [0.2, 0.25) is 0 Å². The Morgan fingerprint density at radius 2 is 1.86 bits per heavy atom. The molecule has 1 heterocycles. The summed E-state index contributed by atoms with van der Waals surface area (Å²) in [5, 5.41) is 8.10. The van der Waals surface area contributed by atoms with Gasteiger partial charge in [0.1, 0.15) is 5.69 Å². The zero-order chi connectivity index (χ0) is 15.1. The molecule has 0 aliphatic rings. The predicted molar refractivity (Wildman–Crippen MR) is 76.4 cm³/mol. The van der Waals surface area contributed by atoms with Crippen LogP contribution >= 0.6 is 0 Å². The Hall–Kier alpha value is -3.02. The van der Waals surface area contributed by atoms with Crippen molar-refractivity contribution in [2.24, 2.45) is 10.2 Å². The molecule has 0 radical (unpaired) electrons. The van der Waals surface area contributed by atoms with Gasteiger partial charge in [-0.15, -0.1) is 5.11 Å². The van der Waals surface area contributed by atoms with Gasteiger partial charge in [-0.25, -0.2) is 9.68 Å². The fraction of sp³-hybridized carbons (Fsp3) is 0.0667. The van der Waals surface area contributed by atoms with Gasteiger partial charge in [-0.05, 0) is 31.2 Å². The maximum atomic E-state index is 11.3. The lowest BCUT2D eigenvalue weighted by Gasteiger charge is -2.05. The Morgan fingerprint density at radius 1 is 1.14 bits per heavy atom. The average molecular weight is 283 g/mol. The molecule has 106 valence electrons. The number of pyridine rings is 1. The van der Waals surface area contributed by atoms with Crippen LogP contribution in [0.3, 0.4) is 0 Å². The van der Waals surface area contributed by atoms with Crippen LogP contribution in [0.15, 0.2) is 71.2 Å². The second-order valence-corrected chi connectivity index (χ2v) is 4.11. The van der Waals surface area contributed by atoms with Gasteiger partial charge in [0.15, 0.2) is 0 Å². The number of carbonyl (C=O) groups excluding carboxylic acids is 1. The SMILES string of the molecule is C=C(C)C(=O)OOc1ccccc1N=Nc1ccncc1. The highest BCUT2D eigenvalue weighted by atomic mass is 17.2. The topological polar surface area (TPSA) is 73.1 Å². The first-order valence-corrected chi connectivity index (χ1v) is 6.12. The van der Waals surface area contributed by atoms with Crippen molar-refractivity contribution in [2.45, 2.75) is 6.92 Å². The molecule has 2 aromatic rings. The molecule has 2 rings (SSSR count). The van der Waals surface area contributed by atoms with Crippen molar-refractivity contribution in [3.63, 3.8) is 0 Å². The first kappa shape index (κ1) is 14.4. The molecule has 0 saturated heterocycles. The van der Waals surface area contributed by atoms with Crippen molar-refractivity contribution < 1.29 is 14.6 Å². The van der Waals surface area contributed by atoms with Crippen LogP contribution < -0.4 is 4.89 Å². The highest BCUT2D eigenvalue weighted by Gasteiger charge is 2.08. The minimum Gasteiger partial charge on any atom is -0.284 e. The number of nitrogens with zero attached hydrogens (tertiary/aromatic N) is 3. The van der Waals surface area contributed by atoms with Crippen LogP contribution in [0, 0.1) is 0 Å². The van der Waals surface area contributed by atoms with Gasteiger partial charge < -0.3 is 0 Å². The molecule has 0 bridgehead atoms. The third-order valence-electron chi connectivity index (χ3n) is 2.36. The molecule has 0 aliphatic heterocycles. The van der Waals surface area contributed by atoms with E-state index in [1.54, 1.807) is 48.8 Å². The van der Waals surface area contributed by atoms with Crippen molar-refractivity contribution in [2.75, 3.05) is 0 Å². The molecule has 0 spiro atoms. The highest BCUT2D eigenvalue weighted by Crippen LogP contribution is 2.28. The molecule has 0 aliphatic carbocycles. The van der Waals surface area contributed by atoms with Gasteiger partial charge in [-0.3, -0.25) is 9.87 Å². The van der Waals surface area contributed by atoms with Crippen LogP contribution in [0.25, 0.3) is 0 Å². The maximum Gasteiger partial charge on any atom is 0.381 e. The van der Waals surface area contributed by atoms with E-state index in [4.69, 9.17) is 4.89 Å². The number of benzene rings is 1. The van der Waals surface area contributed by atoms with E-state index in [0.717, 1.165) is 0 Å².